The second-order valence-electron chi connectivity index (χ2n) is 6.42. The van der Waals surface area contributed by atoms with Crippen molar-refractivity contribution in [3.63, 3.8) is 0 Å². The molecule has 0 radical (unpaired) electrons. The summed E-state index contributed by atoms with van der Waals surface area (Å²) in [4.78, 5) is 8.70. The van der Waals surface area contributed by atoms with Crippen LogP contribution in [0, 0.1) is 0 Å². The number of aromatic nitrogens is 3. The Balaban J connectivity index is 1.82. The Bertz CT molecular complexity index is 884. The summed E-state index contributed by atoms with van der Waals surface area (Å²) in [6.07, 6.45) is 4.45. The number of thiazole rings is 1. The van der Waals surface area contributed by atoms with Gasteiger partial charge >= 0.3 is 0 Å². The SMILES string of the molecule is CCc1nc2sc([C@H](c3cccc(Br)c3)N3CCCCC3)c(O)n2n1. The average Bonchev–Trinajstić information content (AvgIpc) is 3.16. The summed E-state index contributed by atoms with van der Waals surface area (Å²) < 4.78 is 2.65. The molecule has 1 aliphatic rings. The molecule has 1 aliphatic heterocycles. The highest BCUT2D eigenvalue weighted by Gasteiger charge is 2.30. The predicted molar refractivity (Wildman–Crippen MR) is 103 cm³/mol. The Labute approximate surface area is 159 Å². The number of halogens is 1. The molecule has 1 fully saturated rings. The van der Waals surface area contributed by atoms with Crippen molar-refractivity contribution < 1.29 is 5.11 Å². The number of fused-ring (bicyclic) bond motifs is 1. The van der Waals surface area contributed by atoms with E-state index in [0.29, 0.717) is 0 Å². The molecule has 7 heteroatoms. The third-order valence-corrected chi connectivity index (χ3v) is 6.29. The molecule has 3 aromatic rings. The van der Waals surface area contributed by atoms with Gasteiger partial charge in [0, 0.05) is 10.9 Å². The Morgan fingerprint density at radius 1 is 1.28 bits per heavy atom. The number of hydrogen-bond donors (Lipinski definition) is 1. The number of likely N-dealkylation sites (tertiary alicyclic amines) is 1. The van der Waals surface area contributed by atoms with E-state index in [9.17, 15) is 5.11 Å². The number of rotatable bonds is 4. The summed E-state index contributed by atoms with van der Waals surface area (Å²) in [6.45, 7) is 4.12. The van der Waals surface area contributed by atoms with Gasteiger partial charge in [0.15, 0.2) is 5.82 Å². The van der Waals surface area contributed by atoms with Gasteiger partial charge in [-0.25, -0.2) is 4.98 Å². The number of aromatic hydroxyl groups is 1. The molecule has 1 N–H and O–H groups in total. The number of piperidine rings is 1. The van der Waals surface area contributed by atoms with Crippen LogP contribution in [0.4, 0.5) is 0 Å². The van der Waals surface area contributed by atoms with E-state index in [2.05, 4.69) is 49.1 Å². The van der Waals surface area contributed by atoms with Crippen molar-refractivity contribution in [2.45, 2.75) is 38.6 Å². The summed E-state index contributed by atoms with van der Waals surface area (Å²) in [6, 6.07) is 8.41. The van der Waals surface area contributed by atoms with Gasteiger partial charge in [-0.2, -0.15) is 4.52 Å². The molecule has 1 atom stereocenters. The molecule has 0 saturated carbocycles. The predicted octanol–water partition coefficient (Wildman–Crippen LogP) is 4.40. The molecule has 1 saturated heterocycles. The van der Waals surface area contributed by atoms with Crippen molar-refractivity contribution in [3.05, 3.63) is 45.0 Å². The fourth-order valence-corrected chi connectivity index (χ4v) is 5.05. The van der Waals surface area contributed by atoms with E-state index in [1.165, 1.54) is 24.8 Å². The largest absolute Gasteiger partial charge is 0.492 e. The van der Waals surface area contributed by atoms with Crippen LogP contribution >= 0.6 is 27.3 Å². The van der Waals surface area contributed by atoms with E-state index in [1.807, 2.05) is 13.0 Å². The second kappa shape index (κ2) is 7.05. The lowest BCUT2D eigenvalue weighted by Gasteiger charge is -2.34. The van der Waals surface area contributed by atoms with Crippen molar-refractivity contribution in [1.29, 1.82) is 0 Å². The number of hydrogen-bond acceptors (Lipinski definition) is 5. The van der Waals surface area contributed by atoms with Gasteiger partial charge in [-0.3, -0.25) is 4.90 Å². The highest BCUT2D eigenvalue weighted by molar-refractivity contribution is 9.10. The van der Waals surface area contributed by atoms with E-state index in [0.717, 1.165) is 39.6 Å². The van der Waals surface area contributed by atoms with Crippen LogP contribution in [-0.4, -0.2) is 37.7 Å². The molecular formula is C18H21BrN4OS. The molecule has 4 rings (SSSR count). The first kappa shape index (κ1) is 17.0. The van der Waals surface area contributed by atoms with Gasteiger partial charge in [0.2, 0.25) is 10.8 Å². The van der Waals surface area contributed by atoms with Gasteiger partial charge < -0.3 is 5.11 Å². The lowest BCUT2D eigenvalue weighted by Crippen LogP contribution is -2.34. The van der Waals surface area contributed by atoms with Crippen LogP contribution in [-0.2, 0) is 6.42 Å². The molecular weight excluding hydrogens is 400 g/mol. The van der Waals surface area contributed by atoms with E-state index in [1.54, 1.807) is 15.9 Å². The topological polar surface area (TPSA) is 53.7 Å². The second-order valence-corrected chi connectivity index (χ2v) is 8.34. The summed E-state index contributed by atoms with van der Waals surface area (Å²) in [5.74, 6) is 0.993. The van der Waals surface area contributed by atoms with E-state index in [4.69, 9.17) is 0 Å². The zero-order valence-corrected chi connectivity index (χ0v) is 16.6. The van der Waals surface area contributed by atoms with Crippen LogP contribution in [0.3, 0.4) is 0 Å². The Morgan fingerprint density at radius 3 is 2.76 bits per heavy atom. The van der Waals surface area contributed by atoms with Crippen LogP contribution < -0.4 is 0 Å². The maximum atomic E-state index is 10.9. The van der Waals surface area contributed by atoms with E-state index < -0.39 is 0 Å². The van der Waals surface area contributed by atoms with Gasteiger partial charge in [-0.1, -0.05) is 52.7 Å². The van der Waals surface area contributed by atoms with Crippen LogP contribution in [0.2, 0.25) is 0 Å². The molecule has 2 aromatic heterocycles. The van der Waals surface area contributed by atoms with Crippen LogP contribution in [0.1, 0.15) is 48.5 Å². The zero-order valence-electron chi connectivity index (χ0n) is 14.2. The molecule has 0 aliphatic carbocycles. The molecule has 5 nitrogen and oxygen atoms in total. The minimum Gasteiger partial charge on any atom is -0.492 e. The summed E-state index contributed by atoms with van der Waals surface area (Å²) in [5, 5.41) is 15.3. The fourth-order valence-electron chi connectivity index (χ4n) is 3.50. The molecule has 1 aromatic carbocycles. The normalized spacial score (nSPS) is 17.2. The highest BCUT2D eigenvalue weighted by Crippen LogP contribution is 2.41. The maximum Gasteiger partial charge on any atom is 0.230 e. The molecule has 132 valence electrons. The summed E-state index contributed by atoms with van der Waals surface area (Å²) in [5.41, 5.74) is 1.19. The van der Waals surface area contributed by atoms with E-state index >= 15 is 0 Å². The number of nitrogens with zero attached hydrogens (tertiary/aromatic N) is 4. The first-order chi connectivity index (χ1) is 12.2. The van der Waals surface area contributed by atoms with Crippen molar-refractivity contribution >= 4 is 32.2 Å². The van der Waals surface area contributed by atoms with Crippen molar-refractivity contribution in [2.24, 2.45) is 0 Å². The maximum absolute atomic E-state index is 10.9. The van der Waals surface area contributed by atoms with Crippen molar-refractivity contribution in [2.75, 3.05) is 13.1 Å². The Kier molecular flexibility index (Phi) is 4.80. The average molecular weight is 421 g/mol. The van der Waals surface area contributed by atoms with Crippen LogP contribution in [0.15, 0.2) is 28.7 Å². The van der Waals surface area contributed by atoms with Crippen LogP contribution in [0.25, 0.3) is 4.96 Å². The van der Waals surface area contributed by atoms with Crippen LogP contribution in [0.5, 0.6) is 5.88 Å². The molecule has 0 bridgehead atoms. The fraction of sp³-hybridized carbons (Fsp3) is 0.444. The molecule has 0 spiro atoms. The zero-order chi connectivity index (χ0) is 17.4. The van der Waals surface area contributed by atoms with Gasteiger partial charge in [0.25, 0.3) is 0 Å². The molecule has 3 heterocycles. The minimum atomic E-state index is 0.0383. The smallest absolute Gasteiger partial charge is 0.230 e. The first-order valence-electron chi connectivity index (χ1n) is 8.74. The standard InChI is InChI=1S/C18H21BrN4OS/c1-2-14-20-18-23(21-14)17(24)16(25-18)15(22-9-4-3-5-10-22)12-7-6-8-13(19)11-12/h6-8,11,15,24H,2-5,9-10H2,1H3/t15-/m0/s1. The van der Waals surface area contributed by atoms with Crippen molar-refractivity contribution in [3.8, 4) is 5.88 Å². The third kappa shape index (κ3) is 3.20. The summed E-state index contributed by atoms with van der Waals surface area (Å²) >= 11 is 5.13. The van der Waals surface area contributed by atoms with Gasteiger partial charge in [0.05, 0.1) is 10.9 Å². The quantitative estimate of drug-likeness (QED) is 0.679. The molecule has 0 unspecified atom stereocenters. The molecule has 0 amide bonds. The van der Waals surface area contributed by atoms with Gasteiger partial charge in [0.1, 0.15) is 0 Å². The minimum absolute atomic E-state index is 0.0383. The molecule has 25 heavy (non-hydrogen) atoms. The third-order valence-electron chi connectivity index (χ3n) is 4.73. The Morgan fingerprint density at radius 2 is 2.08 bits per heavy atom. The first-order valence-corrected chi connectivity index (χ1v) is 10.3. The highest BCUT2D eigenvalue weighted by atomic mass is 79.9. The van der Waals surface area contributed by atoms with Gasteiger partial charge in [-0.15, -0.1) is 5.10 Å². The van der Waals surface area contributed by atoms with E-state index in [-0.39, 0.29) is 11.9 Å². The Hall–Kier alpha value is -1.44. The van der Waals surface area contributed by atoms with Crippen molar-refractivity contribution in [1.82, 2.24) is 19.5 Å². The lowest BCUT2D eigenvalue weighted by molar-refractivity contribution is 0.186. The summed E-state index contributed by atoms with van der Waals surface area (Å²) in [7, 11) is 0. The lowest BCUT2D eigenvalue weighted by atomic mass is 10.0. The number of aryl methyl sites for hydroxylation is 1. The van der Waals surface area contributed by atoms with Gasteiger partial charge in [-0.05, 0) is 43.6 Å². The monoisotopic (exact) mass is 420 g/mol. The number of benzene rings is 1.